The monoisotopic (exact) mass is 323 g/mol. The molecule has 1 aromatic rings. The molecule has 0 aliphatic heterocycles. The summed E-state index contributed by atoms with van der Waals surface area (Å²) in [5.41, 5.74) is -0.189. The molecular weight excluding hydrogens is 301 g/mol. The summed E-state index contributed by atoms with van der Waals surface area (Å²) in [6.45, 7) is 5.76. The Morgan fingerprint density at radius 1 is 1.17 bits per heavy atom. The van der Waals surface area contributed by atoms with Crippen LogP contribution in [-0.4, -0.2) is 30.8 Å². The van der Waals surface area contributed by atoms with Gasteiger partial charge in [0.25, 0.3) is 0 Å². The predicted molar refractivity (Wildman–Crippen MR) is 86.2 cm³/mol. The van der Waals surface area contributed by atoms with Crippen molar-refractivity contribution in [2.45, 2.75) is 26.4 Å². The van der Waals surface area contributed by atoms with Crippen LogP contribution in [0.4, 0.5) is 14.0 Å². The van der Waals surface area contributed by atoms with E-state index in [-0.39, 0.29) is 18.9 Å². The Kier molecular flexibility index (Phi) is 7.05. The van der Waals surface area contributed by atoms with E-state index in [1.807, 2.05) is 0 Å². The molecule has 3 amide bonds. The lowest BCUT2D eigenvalue weighted by Gasteiger charge is -2.19. The molecule has 0 heterocycles. The molecule has 0 aliphatic carbocycles. The first kappa shape index (κ1) is 18.5. The lowest BCUT2D eigenvalue weighted by molar-refractivity contribution is 0.0528. The van der Waals surface area contributed by atoms with Crippen molar-refractivity contribution >= 4 is 18.2 Å². The van der Waals surface area contributed by atoms with Crippen molar-refractivity contribution in [2.24, 2.45) is 0 Å². The van der Waals surface area contributed by atoms with E-state index in [2.05, 4.69) is 16.0 Å². The van der Waals surface area contributed by atoms with Crippen LogP contribution in [-0.2, 0) is 4.74 Å². The minimum Gasteiger partial charge on any atom is -0.444 e. The van der Waals surface area contributed by atoms with Gasteiger partial charge in [-0.1, -0.05) is 18.2 Å². The van der Waals surface area contributed by atoms with E-state index in [1.54, 1.807) is 39.0 Å². The van der Waals surface area contributed by atoms with Crippen molar-refractivity contribution in [3.8, 4) is 0 Å². The zero-order valence-corrected chi connectivity index (χ0v) is 13.5. The number of hydrogen-bond acceptors (Lipinski definition) is 3. The topological polar surface area (TPSA) is 79.5 Å². The van der Waals surface area contributed by atoms with Crippen molar-refractivity contribution in [3.63, 3.8) is 0 Å². The standard InChI is InChI=1S/C16H22FN3O3/c1-16(2,3)23-15(22)20-11-10-19-14(21)18-9-8-12-6-4-5-7-13(12)17/h4-9H,10-11H2,1-3H3,(H,20,22)(H2,18,19,21)/b9-8+. The molecule has 1 rings (SSSR count). The zero-order chi connectivity index (χ0) is 17.3. The summed E-state index contributed by atoms with van der Waals surface area (Å²) in [5, 5.41) is 7.49. The molecule has 0 aromatic heterocycles. The molecule has 3 N–H and O–H groups in total. The number of ether oxygens (including phenoxy) is 1. The van der Waals surface area contributed by atoms with Crippen LogP contribution in [0.2, 0.25) is 0 Å². The van der Waals surface area contributed by atoms with Crippen molar-refractivity contribution in [1.82, 2.24) is 16.0 Å². The van der Waals surface area contributed by atoms with Gasteiger partial charge in [-0.25, -0.2) is 14.0 Å². The maximum absolute atomic E-state index is 13.3. The summed E-state index contributed by atoms with van der Waals surface area (Å²) < 4.78 is 18.4. The highest BCUT2D eigenvalue weighted by atomic mass is 19.1. The van der Waals surface area contributed by atoms with E-state index in [0.29, 0.717) is 5.56 Å². The van der Waals surface area contributed by atoms with Crippen LogP contribution in [0.1, 0.15) is 26.3 Å². The van der Waals surface area contributed by atoms with Crippen molar-refractivity contribution in [1.29, 1.82) is 0 Å². The number of halogens is 1. The second-order valence-corrected chi connectivity index (χ2v) is 5.68. The highest BCUT2D eigenvalue weighted by molar-refractivity contribution is 5.76. The van der Waals surface area contributed by atoms with Gasteiger partial charge < -0.3 is 20.7 Å². The van der Waals surface area contributed by atoms with Gasteiger partial charge in [-0.05, 0) is 32.9 Å². The summed E-state index contributed by atoms with van der Waals surface area (Å²) in [6, 6.07) is 5.76. The summed E-state index contributed by atoms with van der Waals surface area (Å²) in [4.78, 5) is 22.8. The first-order chi connectivity index (χ1) is 10.8. The molecule has 0 fully saturated rings. The number of benzene rings is 1. The van der Waals surface area contributed by atoms with Crippen LogP contribution in [0.25, 0.3) is 6.08 Å². The summed E-state index contributed by atoms with van der Waals surface area (Å²) in [7, 11) is 0. The SMILES string of the molecule is CC(C)(C)OC(=O)NCCNC(=O)N/C=C/c1ccccc1F. The van der Waals surface area contributed by atoms with Crippen molar-refractivity contribution in [3.05, 3.63) is 41.8 Å². The Hall–Kier alpha value is -2.57. The second-order valence-electron chi connectivity index (χ2n) is 5.68. The van der Waals surface area contributed by atoms with Crippen LogP contribution in [0.5, 0.6) is 0 Å². The van der Waals surface area contributed by atoms with E-state index in [0.717, 1.165) is 0 Å². The van der Waals surface area contributed by atoms with Gasteiger partial charge in [-0.3, -0.25) is 0 Å². The lowest BCUT2D eigenvalue weighted by Crippen LogP contribution is -2.40. The van der Waals surface area contributed by atoms with Crippen LogP contribution in [0.15, 0.2) is 30.5 Å². The highest BCUT2D eigenvalue weighted by Gasteiger charge is 2.15. The van der Waals surface area contributed by atoms with Gasteiger partial charge in [-0.15, -0.1) is 0 Å². The molecule has 0 aliphatic rings. The molecule has 0 atom stereocenters. The molecule has 6 nitrogen and oxygen atoms in total. The molecule has 0 saturated carbocycles. The average Bonchev–Trinajstić information content (AvgIpc) is 2.44. The molecule has 0 saturated heterocycles. The number of urea groups is 1. The molecule has 0 unspecified atom stereocenters. The van der Waals surface area contributed by atoms with E-state index in [9.17, 15) is 14.0 Å². The quantitative estimate of drug-likeness (QED) is 0.729. The normalized spacial score (nSPS) is 11.1. The van der Waals surface area contributed by atoms with Gasteiger partial charge in [0, 0.05) is 24.9 Å². The summed E-state index contributed by atoms with van der Waals surface area (Å²) >= 11 is 0. The smallest absolute Gasteiger partial charge is 0.407 e. The fourth-order valence-electron chi connectivity index (χ4n) is 1.52. The Morgan fingerprint density at radius 2 is 1.83 bits per heavy atom. The number of carbonyl (C=O) groups is 2. The zero-order valence-electron chi connectivity index (χ0n) is 13.5. The first-order valence-corrected chi connectivity index (χ1v) is 7.20. The minimum absolute atomic E-state index is 0.235. The molecule has 126 valence electrons. The molecule has 23 heavy (non-hydrogen) atoms. The van der Waals surface area contributed by atoms with E-state index in [4.69, 9.17) is 4.74 Å². The van der Waals surface area contributed by atoms with E-state index < -0.39 is 17.7 Å². The Balaban J connectivity index is 2.20. The number of hydrogen-bond donors (Lipinski definition) is 3. The Morgan fingerprint density at radius 3 is 2.48 bits per heavy atom. The van der Waals surface area contributed by atoms with Gasteiger partial charge in [0.2, 0.25) is 0 Å². The highest BCUT2D eigenvalue weighted by Crippen LogP contribution is 2.07. The molecule has 0 radical (unpaired) electrons. The molecule has 0 bridgehead atoms. The lowest BCUT2D eigenvalue weighted by atomic mass is 10.2. The Bertz CT molecular complexity index is 568. The number of nitrogens with one attached hydrogen (secondary N) is 3. The first-order valence-electron chi connectivity index (χ1n) is 7.20. The fraction of sp³-hybridized carbons (Fsp3) is 0.375. The largest absolute Gasteiger partial charge is 0.444 e. The van der Waals surface area contributed by atoms with Gasteiger partial charge in [0.05, 0.1) is 0 Å². The third kappa shape index (κ3) is 8.45. The van der Waals surface area contributed by atoms with Crippen molar-refractivity contribution < 1.29 is 18.7 Å². The van der Waals surface area contributed by atoms with E-state index >= 15 is 0 Å². The average molecular weight is 323 g/mol. The number of alkyl carbamates (subject to hydrolysis) is 1. The van der Waals surface area contributed by atoms with Gasteiger partial charge in [-0.2, -0.15) is 0 Å². The minimum atomic E-state index is -0.563. The van der Waals surface area contributed by atoms with Gasteiger partial charge in [0.15, 0.2) is 0 Å². The van der Waals surface area contributed by atoms with Crippen LogP contribution in [0.3, 0.4) is 0 Å². The molecule has 7 heteroatoms. The molecule has 1 aromatic carbocycles. The van der Waals surface area contributed by atoms with Crippen LogP contribution >= 0.6 is 0 Å². The van der Waals surface area contributed by atoms with Crippen LogP contribution in [0, 0.1) is 5.82 Å². The fourth-order valence-corrected chi connectivity index (χ4v) is 1.52. The third-order valence-corrected chi connectivity index (χ3v) is 2.46. The molecular formula is C16H22FN3O3. The predicted octanol–water partition coefficient (Wildman–Crippen LogP) is 2.62. The maximum Gasteiger partial charge on any atom is 0.407 e. The van der Waals surface area contributed by atoms with Crippen LogP contribution < -0.4 is 16.0 Å². The summed E-state index contributed by atoms with van der Waals surface area (Å²) in [5.74, 6) is -0.368. The maximum atomic E-state index is 13.3. The second kappa shape index (κ2) is 8.77. The number of carbonyl (C=O) groups excluding carboxylic acids is 2. The third-order valence-electron chi connectivity index (χ3n) is 2.46. The Labute approximate surface area is 135 Å². The number of rotatable bonds is 5. The van der Waals surface area contributed by atoms with E-state index in [1.165, 1.54) is 18.3 Å². The van der Waals surface area contributed by atoms with Crippen molar-refractivity contribution in [2.75, 3.05) is 13.1 Å². The number of amides is 3. The van der Waals surface area contributed by atoms with Gasteiger partial charge in [0.1, 0.15) is 11.4 Å². The molecule has 0 spiro atoms. The van der Waals surface area contributed by atoms with Gasteiger partial charge >= 0.3 is 12.1 Å². The summed E-state index contributed by atoms with van der Waals surface area (Å²) in [6.07, 6.45) is 2.25.